The molecule has 0 fully saturated rings. The lowest BCUT2D eigenvalue weighted by atomic mass is 10.0. The predicted octanol–water partition coefficient (Wildman–Crippen LogP) is 2.99. The van der Waals surface area contributed by atoms with E-state index in [-0.39, 0.29) is 22.7 Å². The molecular weight excluding hydrogens is 342 g/mol. The number of aryl methyl sites for hydroxylation is 2. The fraction of sp³-hybridized carbons (Fsp3) is 0.412. The van der Waals surface area contributed by atoms with E-state index in [1.54, 1.807) is 32.0 Å². The topological polar surface area (TPSA) is 101 Å². The van der Waals surface area contributed by atoms with Crippen LogP contribution in [0.15, 0.2) is 27.6 Å². The number of hydrogen-bond acceptors (Lipinski definition) is 5. The summed E-state index contributed by atoms with van der Waals surface area (Å²) in [6.45, 7) is 8.56. The molecule has 1 atom stereocenters. The minimum absolute atomic E-state index is 0.166. The Bertz CT molecular complexity index is 887. The second kappa shape index (κ2) is 7.37. The van der Waals surface area contributed by atoms with Crippen molar-refractivity contribution in [1.29, 1.82) is 0 Å². The van der Waals surface area contributed by atoms with Crippen LogP contribution in [0.4, 0.5) is 5.88 Å². The van der Waals surface area contributed by atoms with Crippen LogP contribution in [0.2, 0.25) is 0 Å². The van der Waals surface area contributed by atoms with Crippen molar-refractivity contribution < 1.29 is 17.7 Å². The zero-order valence-corrected chi connectivity index (χ0v) is 15.8. The molecule has 0 spiro atoms. The molecule has 7 nitrogen and oxygen atoms in total. The summed E-state index contributed by atoms with van der Waals surface area (Å²) in [7, 11) is -3.65. The van der Waals surface area contributed by atoms with E-state index in [1.807, 2.05) is 13.8 Å². The molecule has 1 aromatic heterocycles. The summed E-state index contributed by atoms with van der Waals surface area (Å²) in [6.07, 6.45) is 0.690. The molecule has 25 heavy (non-hydrogen) atoms. The highest BCUT2D eigenvalue weighted by Crippen LogP contribution is 2.33. The molecular formula is C17H23N3O4S. The summed E-state index contributed by atoms with van der Waals surface area (Å²) >= 11 is 0. The van der Waals surface area contributed by atoms with Crippen LogP contribution in [0.25, 0.3) is 11.1 Å². The number of amides is 1. The van der Waals surface area contributed by atoms with Crippen molar-refractivity contribution in [3.63, 3.8) is 0 Å². The minimum Gasteiger partial charge on any atom is -0.337 e. The highest BCUT2D eigenvalue weighted by Gasteiger charge is 2.22. The molecule has 1 aromatic carbocycles. The van der Waals surface area contributed by atoms with Gasteiger partial charge in [0.05, 0.1) is 16.2 Å². The van der Waals surface area contributed by atoms with Gasteiger partial charge in [-0.25, -0.2) is 13.1 Å². The molecule has 1 unspecified atom stereocenters. The summed E-state index contributed by atoms with van der Waals surface area (Å²) in [5.41, 5.74) is 2.37. The molecule has 8 heteroatoms. The number of carbonyl (C=O) groups is 1. The lowest BCUT2D eigenvalue weighted by Gasteiger charge is -2.15. The van der Waals surface area contributed by atoms with E-state index >= 15 is 0 Å². The Morgan fingerprint density at radius 2 is 2.00 bits per heavy atom. The van der Waals surface area contributed by atoms with E-state index < -0.39 is 10.0 Å². The van der Waals surface area contributed by atoms with Gasteiger partial charge in [0.2, 0.25) is 21.8 Å². The van der Waals surface area contributed by atoms with Gasteiger partial charge in [-0.05, 0) is 44.4 Å². The van der Waals surface area contributed by atoms with Crippen LogP contribution in [0, 0.1) is 13.8 Å². The third kappa shape index (κ3) is 4.26. The average Bonchev–Trinajstić information content (AvgIpc) is 2.87. The standard InChI is InChI=1S/C17H23N3O4S/c1-6-11(3)20-25(22,23)15-9-14(8-7-10(15)2)16-12(4)19-24-17(16)18-13(5)21/h7-9,11,20H,6H2,1-5H3,(H,18,21). The lowest BCUT2D eigenvalue weighted by Crippen LogP contribution is -2.32. The Hall–Kier alpha value is -2.19. The second-order valence-corrected chi connectivity index (χ2v) is 7.75. The summed E-state index contributed by atoms with van der Waals surface area (Å²) < 4.78 is 33.2. The Kier molecular flexibility index (Phi) is 5.64. The van der Waals surface area contributed by atoms with Crippen LogP contribution in [0.5, 0.6) is 0 Å². The highest BCUT2D eigenvalue weighted by atomic mass is 32.2. The first-order chi connectivity index (χ1) is 11.7. The molecule has 1 amide bonds. The van der Waals surface area contributed by atoms with E-state index in [0.29, 0.717) is 28.8 Å². The molecule has 2 N–H and O–H groups in total. The predicted molar refractivity (Wildman–Crippen MR) is 95.8 cm³/mol. The molecule has 0 saturated carbocycles. The number of nitrogens with one attached hydrogen (secondary N) is 2. The van der Waals surface area contributed by atoms with E-state index in [0.717, 1.165) is 0 Å². The van der Waals surface area contributed by atoms with Crippen LogP contribution < -0.4 is 10.0 Å². The van der Waals surface area contributed by atoms with Gasteiger partial charge >= 0.3 is 0 Å². The maximum absolute atomic E-state index is 12.7. The first-order valence-electron chi connectivity index (χ1n) is 8.03. The number of sulfonamides is 1. The van der Waals surface area contributed by atoms with Gasteiger partial charge in [0, 0.05) is 13.0 Å². The van der Waals surface area contributed by atoms with Crippen LogP contribution >= 0.6 is 0 Å². The van der Waals surface area contributed by atoms with Crippen LogP contribution in [0.1, 0.15) is 38.4 Å². The van der Waals surface area contributed by atoms with Crippen molar-refractivity contribution >= 4 is 21.8 Å². The number of carbonyl (C=O) groups excluding carboxylic acids is 1. The molecule has 0 saturated heterocycles. The number of benzene rings is 1. The first kappa shape index (κ1) is 19.1. The van der Waals surface area contributed by atoms with E-state index in [2.05, 4.69) is 15.2 Å². The van der Waals surface area contributed by atoms with Crippen LogP contribution in [0.3, 0.4) is 0 Å². The molecule has 0 aliphatic rings. The average molecular weight is 365 g/mol. The van der Waals surface area contributed by atoms with E-state index in [4.69, 9.17) is 4.52 Å². The molecule has 0 aliphatic heterocycles. The number of anilines is 1. The molecule has 1 heterocycles. The largest absolute Gasteiger partial charge is 0.337 e. The van der Waals surface area contributed by atoms with Crippen molar-refractivity contribution in [1.82, 2.24) is 9.88 Å². The number of rotatable bonds is 6. The smallest absolute Gasteiger partial charge is 0.241 e. The van der Waals surface area contributed by atoms with Crippen LogP contribution in [-0.2, 0) is 14.8 Å². The molecule has 0 radical (unpaired) electrons. The quantitative estimate of drug-likeness (QED) is 0.819. The minimum atomic E-state index is -3.65. The fourth-order valence-electron chi connectivity index (χ4n) is 2.41. The maximum atomic E-state index is 12.7. The van der Waals surface area contributed by atoms with Gasteiger partial charge in [-0.2, -0.15) is 0 Å². The third-order valence-corrected chi connectivity index (χ3v) is 5.62. The summed E-state index contributed by atoms with van der Waals surface area (Å²) in [5, 5.41) is 6.44. The first-order valence-corrected chi connectivity index (χ1v) is 9.51. The Morgan fingerprint density at radius 3 is 2.60 bits per heavy atom. The zero-order chi connectivity index (χ0) is 18.8. The van der Waals surface area contributed by atoms with Crippen molar-refractivity contribution in [2.24, 2.45) is 0 Å². The van der Waals surface area contributed by atoms with Crippen molar-refractivity contribution in [2.75, 3.05) is 5.32 Å². The SMILES string of the molecule is CCC(C)NS(=O)(=O)c1cc(-c2c(C)noc2NC(C)=O)ccc1C. The summed E-state index contributed by atoms with van der Waals surface area (Å²) in [5.74, 6) is -0.0946. The van der Waals surface area contributed by atoms with Crippen molar-refractivity contribution in [3.05, 3.63) is 29.5 Å². The molecule has 0 aliphatic carbocycles. The molecule has 136 valence electrons. The Balaban J connectivity index is 2.54. The Labute approximate surface area is 147 Å². The lowest BCUT2D eigenvalue weighted by molar-refractivity contribution is -0.114. The Morgan fingerprint density at radius 1 is 1.32 bits per heavy atom. The zero-order valence-electron chi connectivity index (χ0n) is 15.0. The van der Waals surface area contributed by atoms with Gasteiger partial charge in [-0.15, -0.1) is 0 Å². The third-order valence-electron chi connectivity index (χ3n) is 3.89. The van der Waals surface area contributed by atoms with Gasteiger partial charge < -0.3 is 4.52 Å². The van der Waals surface area contributed by atoms with Gasteiger partial charge in [0.1, 0.15) is 0 Å². The molecule has 0 bridgehead atoms. The van der Waals surface area contributed by atoms with Crippen LogP contribution in [-0.4, -0.2) is 25.5 Å². The second-order valence-electron chi connectivity index (χ2n) is 6.06. The van der Waals surface area contributed by atoms with Crippen molar-refractivity contribution in [2.45, 2.75) is 52.0 Å². The molecule has 2 aromatic rings. The number of nitrogens with zero attached hydrogens (tertiary/aromatic N) is 1. The van der Waals surface area contributed by atoms with Gasteiger partial charge in [-0.1, -0.05) is 24.2 Å². The van der Waals surface area contributed by atoms with Gasteiger partial charge in [0.25, 0.3) is 0 Å². The van der Waals surface area contributed by atoms with Crippen molar-refractivity contribution in [3.8, 4) is 11.1 Å². The summed E-state index contributed by atoms with van der Waals surface area (Å²) in [6, 6.07) is 4.91. The monoisotopic (exact) mass is 365 g/mol. The molecule has 2 rings (SSSR count). The van der Waals surface area contributed by atoms with E-state index in [1.165, 1.54) is 6.92 Å². The number of aromatic nitrogens is 1. The summed E-state index contributed by atoms with van der Waals surface area (Å²) in [4.78, 5) is 11.5. The van der Waals surface area contributed by atoms with E-state index in [9.17, 15) is 13.2 Å². The maximum Gasteiger partial charge on any atom is 0.241 e. The fourth-order valence-corrected chi connectivity index (χ4v) is 4.01. The highest BCUT2D eigenvalue weighted by molar-refractivity contribution is 7.89. The van der Waals surface area contributed by atoms with Gasteiger partial charge in [-0.3, -0.25) is 10.1 Å². The number of hydrogen-bond donors (Lipinski definition) is 2. The normalized spacial score (nSPS) is 12.8. The van der Waals surface area contributed by atoms with Gasteiger partial charge in [0.15, 0.2) is 0 Å².